The molecule has 0 saturated carbocycles. The van der Waals surface area contributed by atoms with Crippen molar-refractivity contribution in [2.75, 3.05) is 11.9 Å². The largest absolute Gasteiger partial charge is 0.385 e. The predicted octanol–water partition coefficient (Wildman–Crippen LogP) is 3.11. The van der Waals surface area contributed by atoms with Crippen LogP contribution in [0.1, 0.15) is 26.2 Å². The Morgan fingerprint density at radius 1 is 1.36 bits per heavy atom. The highest BCUT2D eigenvalue weighted by atomic mass is 14.9. The van der Waals surface area contributed by atoms with Crippen LogP contribution in [0.25, 0.3) is 0 Å². The summed E-state index contributed by atoms with van der Waals surface area (Å²) < 4.78 is 0. The summed E-state index contributed by atoms with van der Waals surface area (Å²) in [6, 6.07) is 10.7. The molecule has 1 aromatic carbocycles. The van der Waals surface area contributed by atoms with Gasteiger partial charge in [-0.05, 0) is 24.6 Å². The van der Waals surface area contributed by atoms with Crippen molar-refractivity contribution in [1.29, 1.82) is 5.41 Å². The van der Waals surface area contributed by atoms with Crippen LogP contribution in [0.5, 0.6) is 0 Å². The smallest absolute Gasteiger partial charge is 0.0340 e. The average molecular weight is 189 g/mol. The summed E-state index contributed by atoms with van der Waals surface area (Å²) in [5, 5.41) is 10.9. The van der Waals surface area contributed by atoms with Gasteiger partial charge in [-0.1, -0.05) is 25.5 Å². The minimum absolute atomic E-state index is 0.836. The van der Waals surface area contributed by atoms with E-state index in [9.17, 15) is 0 Å². The van der Waals surface area contributed by atoms with Crippen molar-refractivity contribution < 1.29 is 0 Å². The quantitative estimate of drug-likeness (QED) is 0.663. The van der Waals surface area contributed by atoms with Crippen LogP contribution in [0.2, 0.25) is 0 Å². The van der Waals surface area contributed by atoms with E-state index < -0.39 is 0 Å². The monoisotopic (exact) mass is 189 g/mol. The van der Waals surface area contributed by atoms with Crippen LogP contribution in [0.4, 0.5) is 5.69 Å². The predicted molar refractivity (Wildman–Crippen MR) is 61.0 cm³/mol. The Hall–Kier alpha value is -1.31. The van der Waals surface area contributed by atoms with E-state index in [1.807, 2.05) is 24.3 Å². The van der Waals surface area contributed by atoms with Crippen LogP contribution in [-0.2, 0) is 0 Å². The summed E-state index contributed by atoms with van der Waals surface area (Å²) in [7, 11) is 0. The molecule has 0 aromatic heterocycles. The summed E-state index contributed by atoms with van der Waals surface area (Å²) in [5.74, 6) is 0. The van der Waals surface area contributed by atoms with Gasteiger partial charge in [0, 0.05) is 24.4 Å². The lowest BCUT2D eigenvalue weighted by atomic mass is 10.1. The van der Waals surface area contributed by atoms with Gasteiger partial charge in [0.25, 0.3) is 0 Å². The number of anilines is 1. The zero-order valence-electron chi connectivity index (χ0n) is 8.64. The van der Waals surface area contributed by atoms with E-state index in [0.29, 0.717) is 0 Å². The van der Waals surface area contributed by atoms with Gasteiger partial charge in [0.15, 0.2) is 0 Å². The zero-order valence-corrected chi connectivity index (χ0v) is 8.64. The van der Waals surface area contributed by atoms with Crippen molar-refractivity contribution in [1.82, 2.24) is 0 Å². The van der Waals surface area contributed by atoms with Crippen molar-refractivity contribution in [3.8, 4) is 0 Å². The van der Waals surface area contributed by atoms with Crippen LogP contribution in [-0.4, -0.2) is 12.3 Å². The van der Waals surface area contributed by atoms with E-state index in [4.69, 9.17) is 5.41 Å². The van der Waals surface area contributed by atoms with Gasteiger partial charge in [-0.25, -0.2) is 0 Å². The molecule has 0 unspecified atom stereocenters. The highest BCUT2D eigenvalue weighted by Gasteiger charge is 1.95. The summed E-state index contributed by atoms with van der Waals surface area (Å²) >= 11 is 0. The Morgan fingerprint density at radius 2 is 2.07 bits per heavy atom. The highest BCUT2D eigenvalue weighted by molar-refractivity contribution is 5.81. The third-order valence-corrected chi connectivity index (χ3v) is 2.03. The molecule has 0 spiro atoms. The second kappa shape index (κ2) is 6.19. The van der Waals surface area contributed by atoms with Gasteiger partial charge in [-0.2, -0.15) is 0 Å². The fourth-order valence-corrected chi connectivity index (χ4v) is 1.29. The molecule has 0 aliphatic rings. The molecule has 0 aliphatic carbocycles. The molecule has 1 rings (SSSR count). The molecule has 2 heteroatoms. The van der Waals surface area contributed by atoms with E-state index in [0.717, 1.165) is 37.2 Å². The molecule has 2 N–H and O–H groups in total. The van der Waals surface area contributed by atoms with Gasteiger partial charge in [0.1, 0.15) is 0 Å². The maximum absolute atomic E-state index is 7.61. The second-order valence-corrected chi connectivity index (χ2v) is 3.32. The number of hydrogen-bond acceptors (Lipinski definition) is 2. The van der Waals surface area contributed by atoms with E-state index in [-0.39, 0.29) is 0 Å². The molecule has 14 heavy (non-hydrogen) atoms. The first-order valence-corrected chi connectivity index (χ1v) is 5.09. The number of benzene rings is 1. The van der Waals surface area contributed by atoms with Crippen molar-refractivity contribution in [2.45, 2.75) is 26.2 Å². The fourth-order valence-electron chi connectivity index (χ4n) is 1.29. The molecule has 0 amide bonds. The fraction of sp³-hybridized carbons (Fsp3) is 0.417. The Balaban J connectivity index is 2.19. The molecule has 0 fully saturated rings. The topological polar surface area (TPSA) is 35.9 Å². The maximum Gasteiger partial charge on any atom is 0.0340 e. The number of nitrogens with one attached hydrogen (secondary N) is 2. The standard InChI is InChI=1S/C12H17N2/c1-2-6-11(13)9-10-14-12-7-4-3-5-8-12/h4-5,7-8,13-14H,2,6,9-10H2,1H3. The molecule has 0 atom stereocenters. The molecular weight excluding hydrogens is 172 g/mol. The average Bonchev–Trinajstić information content (AvgIpc) is 2.20. The molecule has 0 heterocycles. The Kier molecular flexibility index (Phi) is 4.76. The van der Waals surface area contributed by atoms with E-state index >= 15 is 0 Å². The van der Waals surface area contributed by atoms with Gasteiger partial charge in [-0.15, -0.1) is 0 Å². The SMILES string of the molecule is CCCC(=N)CCNc1cc[c]cc1. The van der Waals surface area contributed by atoms with E-state index in [1.54, 1.807) is 0 Å². The van der Waals surface area contributed by atoms with Gasteiger partial charge >= 0.3 is 0 Å². The lowest BCUT2D eigenvalue weighted by Gasteiger charge is -2.06. The van der Waals surface area contributed by atoms with Crippen molar-refractivity contribution in [3.05, 3.63) is 30.3 Å². The molecule has 75 valence electrons. The minimum atomic E-state index is 0.836. The lowest BCUT2D eigenvalue weighted by Crippen LogP contribution is -2.07. The third kappa shape index (κ3) is 4.08. The summed E-state index contributed by atoms with van der Waals surface area (Å²) in [5.41, 5.74) is 1.94. The van der Waals surface area contributed by atoms with Crippen LogP contribution in [0.3, 0.4) is 0 Å². The number of rotatable bonds is 6. The van der Waals surface area contributed by atoms with Crippen LogP contribution in [0.15, 0.2) is 24.3 Å². The number of hydrogen-bond donors (Lipinski definition) is 2. The Morgan fingerprint density at radius 3 is 2.71 bits per heavy atom. The van der Waals surface area contributed by atoms with Crippen LogP contribution < -0.4 is 5.32 Å². The Bertz CT molecular complexity index is 267. The van der Waals surface area contributed by atoms with Crippen molar-refractivity contribution >= 4 is 11.4 Å². The summed E-state index contributed by atoms with van der Waals surface area (Å²) in [6.07, 6.45) is 2.83. The molecule has 2 nitrogen and oxygen atoms in total. The van der Waals surface area contributed by atoms with Crippen LogP contribution in [0, 0.1) is 11.5 Å². The van der Waals surface area contributed by atoms with Crippen molar-refractivity contribution in [3.63, 3.8) is 0 Å². The minimum Gasteiger partial charge on any atom is -0.385 e. The van der Waals surface area contributed by atoms with Gasteiger partial charge in [0.05, 0.1) is 0 Å². The first kappa shape index (κ1) is 10.8. The first-order chi connectivity index (χ1) is 6.83. The second-order valence-electron chi connectivity index (χ2n) is 3.32. The lowest BCUT2D eigenvalue weighted by molar-refractivity contribution is 0.942. The Labute approximate surface area is 85.9 Å². The van der Waals surface area contributed by atoms with Crippen LogP contribution >= 0.6 is 0 Å². The van der Waals surface area contributed by atoms with Crippen molar-refractivity contribution in [2.24, 2.45) is 0 Å². The van der Waals surface area contributed by atoms with Gasteiger partial charge in [0.2, 0.25) is 0 Å². The van der Waals surface area contributed by atoms with E-state index in [2.05, 4.69) is 18.3 Å². The van der Waals surface area contributed by atoms with Gasteiger partial charge in [-0.3, -0.25) is 0 Å². The molecule has 1 radical (unpaired) electrons. The van der Waals surface area contributed by atoms with E-state index in [1.165, 1.54) is 0 Å². The summed E-state index contributed by atoms with van der Waals surface area (Å²) in [4.78, 5) is 0. The third-order valence-electron chi connectivity index (χ3n) is 2.03. The molecular formula is C12H17N2. The molecule has 0 saturated heterocycles. The maximum atomic E-state index is 7.61. The summed E-state index contributed by atoms with van der Waals surface area (Å²) in [6.45, 7) is 2.96. The molecule has 1 aromatic rings. The molecule has 0 bridgehead atoms. The zero-order chi connectivity index (χ0) is 10.2. The highest BCUT2D eigenvalue weighted by Crippen LogP contribution is 2.04. The molecule has 0 aliphatic heterocycles. The normalized spacial score (nSPS) is 9.79. The first-order valence-electron chi connectivity index (χ1n) is 5.09. The van der Waals surface area contributed by atoms with Gasteiger partial charge < -0.3 is 10.7 Å².